The molecule has 2 unspecified atom stereocenters. The zero-order chi connectivity index (χ0) is 11.4. The highest BCUT2D eigenvalue weighted by atomic mass is 16.3. The molecule has 0 fully saturated rings. The van der Waals surface area contributed by atoms with Gasteiger partial charge in [-0.2, -0.15) is 0 Å². The second-order valence-corrected chi connectivity index (χ2v) is 4.17. The lowest BCUT2D eigenvalue weighted by atomic mass is 9.96. The lowest BCUT2D eigenvalue weighted by Gasteiger charge is -2.20. The molecule has 1 aromatic rings. The summed E-state index contributed by atoms with van der Waals surface area (Å²) in [5, 5.41) is 28.4. The van der Waals surface area contributed by atoms with Crippen LogP contribution in [0.4, 0.5) is 0 Å². The molecule has 1 rings (SSSR count). The maximum atomic E-state index is 9.70. The van der Waals surface area contributed by atoms with E-state index in [0.29, 0.717) is 6.42 Å². The first-order valence-electron chi connectivity index (χ1n) is 5.14. The molecule has 0 aliphatic carbocycles. The average molecular weight is 210 g/mol. The van der Waals surface area contributed by atoms with Gasteiger partial charge in [-0.05, 0) is 23.6 Å². The molecule has 0 amide bonds. The Morgan fingerprint density at radius 1 is 1.07 bits per heavy atom. The molecular weight excluding hydrogens is 192 g/mol. The molecule has 3 nitrogen and oxygen atoms in total. The summed E-state index contributed by atoms with van der Waals surface area (Å²) >= 11 is 0. The van der Waals surface area contributed by atoms with Crippen molar-refractivity contribution in [3.63, 3.8) is 0 Å². The first kappa shape index (κ1) is 12.0. The summed E-state index contributed by atoms with van der Waals surface area (Å²) in [7, 11) is 0. The quantitative estimate of drug-likeness (QED) is 0.702. The standard InChI is InChI=1S/C12H18O3/c1-8(2)12(15)11(14)7-9-3-5-10(13)6-4-9/h3-6,8,11-15H,7H2,1-2H3. The van der Waals surface area contributed by atoms with Crippen molar-refractivity contribution in [2.75, 3.05) is 0 Å². The van der Waals surface area contributed by atoms with Crippen LogP contribution in [0.15, 0.2) is 24.3 Å². The molecule has 0 bridgehead atoms. The van der Waals surface area contributed by atoms with Crippen molar-refractivity contribution in [1.82, 2.24) is 0 Å². The van der Waals surface area contributed by atoms with Crippen LogP contribution in [0.2, 0.25) is 0 Å². The Morgan fingerprint density at radius 3 is 2.07 bits per heavy atom. The predicted molar refractivity (Wildman–Crippen MR) is 58.7 cm³/mol. The highest BCUT2D eigenvalue weighted by molar-refractivity contribution is 5.26. The third-order valence-electron chi connectivity index (χ3n) is 2.46. The topological polar surface area (TPSA) is 60.7 Å². The van der Waals surface area contributed by atoms with Gasteiger partial charge in [-0.15, -0.1) is 0 Å². The molecule has 3 N–H and O–H groups in total. The van der Waals surface area contributed by atoms with E-state index in [0.717, 1.165) is 5.56 Å². The number of aliphatic hydroxyl groups excluding tert-OH is 2. The fourth-order valence-corrected chi connectivity index (χ4v) is 1.44. The van der Waals surface area contributed by atoms with E-state index in [1.165, 1.54) is 0 Å². The lowest BCUT2D eigenvalue weighted by Crippen LogP contribution is -2.32. The second kappa shape index (κ2) is 5.14. The van der Waals surface area contributed by atoms with Gasteiger partial charge in [0, 0.05) is 6.42 Å². The van der Waals surface area contributed by atoms with Crippen molar-refractivity contribution in [2.45, 2.75) is 32.5 Å². The van der Waals surface area contributed by atoms with Crippen LogP contribution in [0.25, 0.3) is 0 Å². The van der Waals surface area contributed by atoms with Crippen LogP contribution >= 0.6 is 0 Å². The Bertz CT molecular complexity index is 292. The van der Waals surface area contributed by atoms with Gasteiger partial charge in [-0.3, -0.25) is 0 Å². The number of aliphatic hydroxyl groups is 2. The first-order valence-corrected chi connectivity index (χ1v) is 5.14. The molecule has 0 aliphatic rings. The molecule has 0 radical (unpaired) electrons. The average Bonchev–Trinajstić information content (AvgIpc) is 2.20. The van der Waals surface area contributed by atoms with E-state index in [4.69, 9.17) is 5.11 Å². The molecule has 84 valence electrons. The van der Waals surface area contributed by atoms with E-state index in [1.54, 1.807) is 24.3 Å². The Hall–Kier alpha value is -1.06. The van der Waals surface area contributed by atoms with Crippen LogP contribution in [-0.2, 0) is 6.42 Å². The summed E-state index contributed by atoms with van der Waals surface area (Å²) in [6, 6.07) is 6.63. The Morgan fingerprint density at radius 2 is 1.60 bits per heavy atom. The van der Waals surface area contributed by atoms with Crippen molar-refractivity contribution in [3.8, 4) is 5.75 Å². The van der Waals surface area contributed by atoms with Gasteiger partial charge in [-0.1, -0.05) is 26.0 Å². The lowest BCUT2D eigenvalue weighted by molar-refractivity contribution is -0.00731. The first-order chi connectivity index (χ1) is 7.00. The number of hydrogen-bond donors (Lipinski definition) is 3. The SMILES string of the molecule is CC(C)C(O)C(O)Cc1ccc(O)cc1. The van der Waals surface area contributed by atoms with E-state index in [9.17, 15) is 10.2 Å². The fourth-order valence-electron chi connectivity index (χ4n) is 1.44. The van der Waals surface area contributed by atoms with Crippen molar-refractivity contribution < 1.29 is 15.3 Å². The molecule has 0 aliphatic heterocycles. The third-order valence-corrected chi connectivity index (χ3v) is 2.46. The van der Waals surface area contributed by atoms with E-state index in [-0.39, 0.29) is 11.7 Å². The van der Waals surface area contributed by atoms with Gasteiger partial charge in [0.1, 0.15) is 5.75 Å². The summed E-state index contributed by atoms with van der Waals surface area (Å²) in [6.07, 6.45) is -1.06. The normalized spacial score (nSPS) is 15.3. The minimum absolute atomic E-state index is 0.0390. The summed E-state index contributed by atoms with van der Waals surface area (Å²) < 4.78 is 0. The molecule has 1 aromatic carbocycles. The fraction of sp³-hybridized carbons (Fsp3) is 0.500. The second-order valence-electron chi connectivity index (χ2n) is 4.17. The van der Waals surface area contributed by atoms with Crippen LogP contribution in [0.3, 0.4) is 0 Å². The van der Waals surface area contributed by atoms with Crippen LogP contribution in [0.1, 0.15) is 19.4 Å². The van der Waals surface area contributed by atoms with Gasteiger partial charge in [0.2, 0.25) is 0 Å². The predicted octanol–water partition coefficient (Wildman–Crippen LogP) is 1.31. The minimum atomic E-state index is -0.755. The van der Waals surface area contributed by atoms with Crippen molar-refractivity contribution >= 4 is 0 Å². The smallest absolute Gasteiger partial charge is 0.115 e. The zero-order valence-electron chi connectivity index (χ0n) is 9.09. The highest BCUT2D eigenvalue weighted by Crippen LogP contribution is 2.14. The molecule has 0 saturated heterocycles. The Labute approximate surface area is 90.0 Å². The molecule has 3 heteroatoms. The van der Waals surface area contributed by atoms with Crippen LogP contribution in [0.5, 0.6) is 5.75 Å². The number of rotatable bonds is 4. The number of benzene rings is 1. The largest absolute Gasteiger partial charge is 0.508 e. The van der Waals surface area contributed by atoms with Crippen LogP contribution in [0, 0.1) is 5.92 Å². The molecule has 0 saturated carbocycles. The van der Waals surface area contributed by atoms with Gasteiger partial charge in [0.25, 0.3) is 0 Å². The maximum absolute atomic E-state index is 9.70. The van der Waals surface area contributed by atoms with E-state index < -0.39 is 12.2 Å². The third kappa shape index (κ3) is 3.53. The van der Waals surface area contributed by atoms with Crippen molar-refractivity contribution in [2.24, 2.45) is 5.92 Å². The number of aromatic hydroxyl groups is 1. The number of phenolic OH excluding ortho intramolecular Hbond substituents is 1. The molecule has 15 heavy (non-hydrogen) atoms. The zero-order valence-corrected chi connectivity index (χ0v) is 9.09. The summed E-state index contributed by atoms with van der Waals surface area (Å²) in [4.78, 5) is 0. The van der Waals surface area contributed by atoms with E-state index in [2.05, 4.69) is 0 Å². The highest BCUT2D eigenvalue weighted by Gasteiger charge is 2.19. The summed E-state index contributed by atoms with van der Waals surface area (Å²) in [5.74, 6) is 0.245. The van der Waals surface area contributed by atoms with Crippen LogP contribution in [-0.4, -0.2) is 27.5 Å². The number of phenols is 1. The van der Waals surface area contributed by atoms with E-state index in [1.807, 2.05) is 13.8 Å². The molecule has 0 spiro atoms. The summed E-state index contributed by atoms with van der Waals surface area (Å²) in [6.45, 7) is 3.73. The van der Waals surface area contributed by atoms with Crippen LogP contribution < -0.4 is 0 Å². The molecule has 0 heterocycles. The van der Waals surface area contributed by atoms with Crippen molar-refractivity contribution in [1.29, 1.82) is 0 Å². The molecular formula is C12H18O3. The Kier molecular flexibility index (Phi) is 4.12. The number of hydrogen-bond acceptors (Lipinski definition) is 3. The van der Waals surface area contributed by atoms with Gasteiger partial charge < -0.3 is 15.3 Å². The summed E-state index contributed by atoms with van der Waals surface area (Å²) in [5.41, 5.74) is 0.903. The molecule has 2 atom stereocenters. The van der Waals surface area contributed by atoms with Gasteiger partial charge in [0.15, 0.2) is 0 Å². The van der Waals surface area contributed by atoms with E-state index >= 15 is 0 Å². The Balaban J connectivity index is 2.58. The monoisotopic (exact) mass is 210 g/mol. The molecule has 0 aromatic heterocycles. The maximum Gasteiger partial charge on any atom is 0.115 e. The van der Waals surface area contributed by atoms with Gasteiger partial charge in [-0.25, -0.2) is 0 Å². The van der Waals surface area contributed by atoms with Gasteiger partial charge in [0.05, 0.1) is 12.2 Å². The minimum Gasteiger partial charge on any atom is -0.508 e. The van der Waals surface area contributed by atoms with Crippen molar-refractivity contribution in [3.05, 3.63) is 29.8 Å². The van der Waals surface area contributed by atoms with Gasteiger partial charge >= 0.3 is 0 Å².